The van der Waals surface area contributed by atoms with E-state index >= 15 is 0 Å². The summed E-state index contributed by atoms with van der Waals surface area (Å²) in [6.45, 7) is 8.07. The Kier molecular flexibility index (Phi) is 5.18. The number of aromatic amines is 1. The number of nitrogens with zero attached hydrogens (tertiary/aromatic N) is 4. The molecule has 2 fully saturated rings. The zero-order chi connectivity index (χ0) is 19.9. The van der Waals surface area contributed by atoms with Gasteiger partial charge in [0.15, 0.2) is 5.65 Å². The standard InChI is InChI=1S/C20H32N6O2/c1-20(2,3)26-17-14(12-21-26)18(28)24-19(23-17)22-13-8-10-25(11-9-13)15-6-4-5-7-16(15)27/h12-13,15-16,27H,4-11H2,1-3H3,(H2,22,23,24,28). The van der Waals surface area contributed by atoms with Crippen LogP contribution >= 0.6 is 0 Å². The number of hydrogen-bond donors (Lipinski definition) is 3. The topological polar surface area (TPSA) is 99.1 Å². The number of piperidine rings is 1. The van der Waals surface area contributed by atoms with E-state index in [1.165, 1.54) is 6.42 Å². The lowest BCUT2D eigenvalue weighted by Crippen LogP contribution is -2.50. The molecule has 8 nitrogen and oxygen atoms in total. The van der Waals surface area contributed by atoms with Crippen molar-refractivity contribution in [3.05, 3.63) is 16.6 Å². The molecule has 0 radical (unpaired) electrons. The van der Waals surface area contributed by atoms with Crippen LogP contribution in [-0.4, -0.2) is 61.0 Å². The van der Waals surface area contributed by atoms with Gasteiger partial charge in [-0.1, -0.05) is 12.8 Å². The largest absolute Gasteiger partial charge is 0.391 e. The molecule has 3 N–H and O–H groups in total. The average Bonchev–Trinajstić information content (AvgIpc) is 3.08. The predicted octanol–water partition coefficient (Wildman–Crippen LogP) is 2.05. The molecule has 0 amide bonds. The van der Waals surface area contributed by atoms with E-state index in [4.69, 9.17) is 0 Å². The monoisotopic (exact) mass is 388 g/mol. The molecule has 3 heterocycles. The lowest BCUT2D eigenvalue weighted by molar-refractivity contribution is 0.00990. The smallest absolute Gasteiger partial charge is 0.263 e. The SMILES string of the molecule is CC(C)(C)n1ncc2c(=O)[nH]c(NC3CCN(C4CCCCC4O)CC3)nc21. The summed E-state index contributed by atoms with van der Waals surface area (Å²) in [6, 6.07) is 0.578. The summed E-state index contributed by atoms with van der Waals surface area (Å²) in [4.78, 5) is 22.4. The van der Waals surface area contributed by atoms with Crippen molar-refractivity contribution in [1.82, 2.24) is 24.6 Å². The number of H-pyrrole nitrogens is 1. The first-order valence-corrected chi connectivity index (χ1v) is 10.5. The van der Waals surface area contributed by atoms with Crippen LogP contribution in [0.3, 0.4) is 0 Å². The van der Waals surface area contributed by atoms with E-state index < -0.39 is 0 Å². The maximum atomic E-state index is 12.5. The van der Waals surface area contributed by atoms with E-state index in [0.29, 0.717) is 23.0 Å². The molecule has 1 saturated heterocycles. The van der Waals surface area contributed by atoms with E-state index in [1.54, 1.807) is 10.9 Å². The molecule has 8 heteroatoms. The van der Waals surface area contributed by atoms with Gasteiger partial charge in [-0.05, 0) is 46.5 Å². The zero-order valence-corrected chi connectivity index (χ0v) is 17.1. The molecular weight excluding hydrogens is 356 g/mol. The molecule has 2 aromatic heterocycles. The minimum absolute atomic E-state index is 0.161. The maximum Gasteiger partial charge on any atom is 0.263 e. The van der Waals surface area contributed by atoms with Gasteiger partial charge >= 0.3 is 0 Å². The fourth-order valence-electron chi connectivity index (χ4n) is 4.56. The Balaban J connectivity index is 1.45. The van der Waals surface area contributed by atoms with Crippen LogP contribution in [0.4, 0.5) is 5.95 Å². The number of fused-ring (bicyclic) bond motifs is 1. The van der Waals surface area contributed by atoms with Crippen molar-refractivity contribution >= 4 is 17.0 Å². The first-order chi connectivity index (χ1) is 13.3. The zero-order valence-electron chi connectivity index (χ0n) is 17.1. The molecule has 0 bridgehead atoms. The fourth-order valence-corrected chi connectivity index (χ4v) is 4.56. The summed E-state index contributed by atoms with van der Waals surface area (Å²) in [7, 11) is 0. The van der Waals surface area contributed by atoms with Crippen LogP contribution in [-0.2, 0) is 5.54 Å². The number of anilines is 1. The Morgan fingerprint density at radius 2 is 1.89 bits per heavy atom. The molecular formula is C20H32N6O2. The lowest BCUT2D eigenvalue weighted by atomic mass is 9.89. The number of rotatable bonds is 3. The summed E-state index contributed by atoms with van der Waals surface area (Å²) in [5.41, 5.74) is 0.207. The molecule has 2 atom stereocenters. The Hall–Kier alpha value is -1.93. The molecule has 2 aromatic rings. The molecule has 4 rings (SSSR count). The van der Waals surface area contributed by atoms with Crippen LogP contribution in [0.2, 0.25) is 0 Å². The van der Waals surface area contributed by atoms with Gasteiger partial charge in [-0.2, -0.15) is 10.1 Å². The third-order valence-electron chi connectivity index (χ3n) is 6.11. The number of aliphatic hydroxyl groups is 1. The normalized spacial score (nSPS) is 25.3. The van der Waals surface area contributed by atoms with Crippen molar-refractivity contribution in [2.24, 2.45) is 0 Å². The van der Waals surface area contributed by atoms with Crippen LogP contribution in [0.5, 0.6) is 0 Å². The Morgan fingerprint density at radius 1 is 1.18 bits per heavy atom. The van der Waals surface area contributed by atoms with Crippen LogP contribution in [0.1, 0.15) is 59.3 Å². The minimum Gasteiger partial charge on any atom is -0.391 e. The van der Waals surface area contributed by atoms with Gasteiger partial charge in [0.1, 0.15) is 5.39 Å². The second-order valence-electron chi connectivity index (χ2n) is 9.25. The third-order valence-corrected chi connectivity index (χ3v) is 6.11. The van der Waals surface area contributed by atoms with Crippen LogP contribution in [0.25, 0.3) is 11.0 Å². The van der Waals surface area contributed by atoms with Crippen molar-refractivity contribution < 1.29 is 5.11 Å². The van der Waals surface area contributed by atoms with Gasteiger partial charge in [-0.3, -0.25) is 14.7 Å². The van der Waals surface area contributed by atoms with E-state index in [-0.39, 0.29) is 23.2 Å². The molecule has 2 unspecified atom stereocenters. The first-order valence-electron chi connectivity index (χ1n) is 10.5. The number of aromatic nitrogens is 4. The van der Waals surface area contributed by atoms with Gasteiger partial charge in [0.05, 0.1) is 17.8 Å². The number of aliphatic hydroxyl groups excluding tert-OH is 1. The second-order valence-corrected chi connectivity index (χ2v) is 9.25. The van der Waals surface area contributed by atoms with E-state index in [9.17, 15) is 9.90 Å². The predicted molar refractivity (Wildman–Crippen MR) is 110 cm³/mol. The van der Waals surface area contributed by atoms with Crippen molar-refractivity contribution in [2.75, 3.05) is 18.4 Å². The first kappa shape index (κ1) is 19.4. The second kappa shape index (κ2) is 7.48. The average molecular weight is 389 g/mol. The van der Waals surface area contributed by atoms with Gasteiger partial charge in [0, 0.05) is 25.2 Å². The minimum atomic E-state index is -0.244. The van der Waals surface area contributed by atoms with Gasteiger partial charge in [-0.25, -0.2) is 4.68 Å². The highest BCUT2D eigenvalue weighted by Crippen LogP contribution is 2.26. The van der Waals surface area contributed by atoms with Crippen molar-refractivity contribution in [3.63, 3.8) is 0 Å². The number of hydrogen-bond acceptors (Lipinski definition) is 6. The fraction of sp³-hybridized carbons (Fsp3) is 0.750. The molecule has 1 aliphatic carbocycles. The van der Waals surface area contributed by atoms with Crippen LogP contribution in [0, 0.1) is 0 Å². The van der Waals surface area contributed by atoms with Crippen molar-refractivity contribution in [3.8, 4) is 0 Å². The molecule has 2 aliphatic rings. The van der Waals surface area contributed by atoms with Crippen molar-refractivity contribution in [1.29, 1.82) is 0 Å². The lowest BCUT2D eigenvalue weighted by Gasteiger charge is -2.41. The van der Waals surface area contributed by atoms with E-state index in [0.717, 1.165) is 45.2 Å². The van der Waals surface area contributed by atoms with Gasteiger partial charge < -0.3 is 10.4 Å². The van der Waals surface area contributed by atoms with Crippen molar-refractivity contribution in [2.45, 2.75) is 83.0 Å². The summed E-state index contributed by atoms with van der Waals surface area (Å²) < 4.78 is 1.80. The molecule has 0 spiro atoms. The Morgan fingerprint density at radius 3 is 2.57 bits per heavy atom. The van der Waals surface area contributed by atoms with Gasteiger partial charge in [0.2, 0.25) is 5.95 Å². The third kappa shape index (κ3) is 3.80. The molecule has 154 valence electrons. The van der Waals surface area contributed by atoms with E-state index in [2.05, 4.69) is 25.3 Å². The highest BCUT2D eigenvalue weighted by Gasteiger charge is 2.31. The molecule has 28 heavy (non-hydrogen) atoms. The Bertz CT molecular complexity index is 875. The molecule has 1 saturated carbocycles. The number of nitrogens with one attached hydrogen (secondary N) is 2. The summed E-state index contributed by atoms with van der Waals surface area (Å²) in [5.74, 6) is 0.514. The molecule has 0 aromatic carbocycles. The van der Waals surface area contributed by atoms with Crippen LogP contribution in [0.15, 0.2) is 11.0 Å². The van der Waals surface area contributed by atoms with E-state index in [1.807, 2.05) is 20.8 Å². The van der Waals surface area contributed by atoms with Gasteiger partial charge in [0.25, 0.3) is 5.56 Å². The molecule has 1 aliphatic heterocycles. The van der Waals surface area contributed by atoms with Crippen LogP contribution < -0.4 is 10.9 Å². The highest BCUT2D eigenvalue weighted by molar-refractivity contribution is 5.74. The maximum absolute atomic E-state index is 12.5. The quantitative estimate of drug-likeness (QED) is 0.744. The summed E-state index contributed by atoms with van der Waals surface area (Å²) in [6.07, 6.45) is 7.74. The summed E-state index contributed by atoms with van der Waals surface area (Å²) >= 11 is 0. The highest BCUT2D eigenvalue weighted by atomic mass is 16.3. The van der Waals surface area contributed by atoms with Gasteiger partial charge in [-0.15, -0.1) is 0 Å². The summed E-state index contributed by atoms with van der Waals surface area (Å²) in [5, 5.41) is 18.6. The number of likely N-dealkylation sites (tertiary alicyclic amines) is 1. The Labute approximate surface area is 165 Å².